The van der Waals surface area contributed by atoms with Gasteiger partial charge in [-0.3, -0.25) is 4.90 Å². The first-order valence-corrected chi connectivity index (χ1v) is 7.62. The minimum absolute atomic E-state index is 0.134. The van der Waals surface area contributed by atoms with E-state index in [2.05, 4.69) is 48.8 Å². The van der Waals surface area contributed by atoms with Gasteiger partial charge in [0.1, 0.15) is 0 Å². The molecule has 0 heterocycles. The first-order chi connectivity index (χ1) is 9.70. The van der Waals surface area contributed by atoms with E-state index >= 15 is 0 Å². The quantitative estimate of drug-likeness (QED) is 0.804. The van der Waals surface area contributed by atoms with Gasteiger partial charge < -0.3 is 5.11 Å². The van der Waals surface area contributed by atoms with Gasteiger partial charge in [0.05, 0.1) is 6.61 Å². The molecule has 108 valence electrons. The number of nitrogens with zero attached hydrogens (tertiary/aromatic N) is 1. The predicted octanol–water partition coefficient (Wildman–Crippen LogP) is 3.04. The highest BCUT2D eigenvalue weighted by Crippen LogP contribution is 2.31. The number of aliphatic hydroxyl groups excluding tert-OH is 1. The molecule has 2 rings (SSSR count). The third-order valence-corrected chi connectivity index (χ3v) is 3.77. The maximum Gasteiger partial charge on any atom is 0.0540 e. The second-order valence-corrected chi connectivity index (χ2v) is 5.90. The van der Waals surface area contributed by atoms with Crippen molar-refractivity contribution in [2.24, 2.45) is 5.92 Å². The highest BCUT2D eigenvalue weighted by Gasteiger charge is 2.25. The summed E-state index contributed by atoms with van der Waals surface area (Å²) in [6.07, 6.45) is 3.33. The van der Waals surface area contributed by atoms with Gasteiger partial charge in [-0.1, -0.05) is 30.0 Å². The third-order valence-electron chi connectivity index (χ3n) is 3.77. The molecule has 1 aliphatic rings. The largest absolute Gasteiger partial charge is 0.395 e. The van der Waals surface area contributed by atoms with Crippen LogP contribution in [0.1, 0.15) is 44.2 Å². The Morgan fingerprint density at radius 2 is 2.05 bits per heavy atom. The van der Waals surface area contributed by atoms with Gasteiger partial charge in [0.15, 0.2) is 0 Å². The van der Waals surface area contributed by atoms with Crippen molar-refractivity contribution >= 4 is 0 Å². The van der Waals surface area contributed by atoms with Crippen molar-refractivity contribution in [3.63, 3.8) is 0 Å². The van der Waals surface area contributed by atoms with Crippen molar-refractivity contribution in [1.29, 1.82) is 0 Å². The SMILES string of the molecule is CC(C)N(Cc1ccccc1C#CCCO)CC1CC1. The second kappa shape index (κ2) is 7.47. The smallest absolute Gasteiger partial charge is 0.0540 e. The summed E-state index contributed by atoms with van der Waals surface area (Å²) in [5.41, 5.74) is 2.40. The Balaban J connectivity index is 2.08. The van der Waals surface area contributed by atoms with Crippen molar-refractivity contribution < 1.29 is 5.11 Å². The Bertz CT molecular complexity index is 480. The first-order valence-electron chi connectivity index (χ1n) is 7.62. The molecule has 2 heteroatoms. The summed E-state index contributed by atoms with van der Waals surface area (Å²) < 4.78 is 0. The number of hydrogen-bond donors (Lipinski definition) is 1. The summed E-state index contributed by atoms with van der Waals surface area (Å²) in [4.78, 5) is 2.55. The molecule has 1 saturated carbocycles. The zero-order chi connectivity index (χ0) is 14.4. The molecule has 0 bridgehead atoms. The summed E-state index contributed by atoms with van der Waals surface area (Å²) in [7, 11) is 0. The second-order valence-electron chi connectivity index (χ2n) is 5.90. The summed E-state index contributed by atoms with van der Waals surface area (Å²) in [5.74, 6) is 7.13. The van der Waals surface area contributed by atoms with Gasteiger partial charge in [-0.15, -0.1) is 0 Å². The standard InChI is InChI=1S/C18H25NO/c1-15(2)19(13-16-10-11-16)14-18-9-4-3-7-17(18)8-5-6-12-20/h3-4,7,9,15-16,20H,6,10-14H2,1-2H3. The molecule has 0 radical (unpaired) electrons. The molecule has 2 nitrogen and oxygen atoms in total. The molecule has 0 aliphatic heterocycles. The Kier molecular flexibility index (Phi) is 5.64. The van der Waals surface area contributed by atoms with Crippen LogP contribution in [-0.2, 0) is 6.54 Å². The summed E-state index contributed by atoms with van der Waals surface area (Å²) in [6, 6.07) is 8.93. The molecule has 1 fully saturated rings. The van der Waals surface area contributed by atoms with Gasteiger partial charge in [-0.25, -0.2) is 0 Å². The van der Waals surface area contributed by atoms with E-state index < -0.39 is 0 Å². The van der Waals surface area contributed by atoms with Gasteiger partial charge in [-0.2, -0.15) is 0 Å². The molecule has 0 saturated heterocycles. The zero-order valence-corrected chi connectivity index (χ0v) is 12.6. The maximum absolute atomic E-state index is 8.83. The number of aliphatic hydroxyl groups is 1. The number of hydrogen-bond acceptors (Lipinski definition) is 2. The Morgan fingerprint density at radius 3 is 2.70 bits per heavy atom. The van der Waals surface area contributed by atoms with E-state index in [0.29, 0.717) is 12.5 Å². The van der Waals surface area contributed by atoms with E-state index in [4.69, 9.17) is 5.11 Å². The van der Waals surface area contributed by atoms with Crippen molar-refractivity contribution in [3.05, 3.63) is 35.4 Å². The number of rotatable bonds is 6. The van der Waals surface area contributed by atoms with Gasteiger partial charge in [0.25, 0.3) is 0 Å². The summed E-state index contributed by atoms with van der Waals surface area (Å²) in [5, 5.41) is 8.83. The fourth-order valence-electron chi connectivity index (χ4n) is 2.30. The van der Waals surface area contributed by atoms with E-state index in [9.17, 15) is 0 Å². The molecule has 1 aromatic rings. The molecule has 0 aromatic heterocycles. The molecular weight excluding hydrogens is 246 g/mol. The fourth-order valence-corrected chi connectivity index (χ4v) is 2.30. The minimum Gasteiger partial charge on any atom is -0.395 e. The van der Waals surface area contributed by atoms with Crippen molar-refractivity contribution in [1.82, 2.24) is 4.90 Å². The van der Waals surface area contributed by atoms with Crippen LogP contribution in [0.4, 0.5) is 0 Å². The van der Waals surface area contributed by atoms with Crippen LogP contribution in [0.3, 0.4) is 0 Å². The van der Waals surface area contributed by atoms with Gasteiger partial charge >= 0.3 is 0 Å². The van der Waals surface area contributed by atoms with E-state index in [1.165, 1.54) is 24.9 Å². The lowest BCUT2D eigenvalue weighted by Gasteiger charge is -2.27. The molecule has 20 heavy (non-hydrogen) atoms. The van der Waals surface area contributed by atoms with E-state index in [1.807, 2.05) is 6.07 Å². The number of benzene rings is 1. The molecule has 0 amide bonds. The van der Waals surface area contributed by atoms with Crippen LogP contribution >= 0.6 is 0 Å². The van der Waals surface area contributed by atoms with Crippen LogP contribution in [0, 0.1) is 17.8 Å². The highest BCUT2D eigenvalue weighted by atomic mass is 16.2. The highest BCUT2D eigenvalue weighted by molar-refractivity contribution is 5.41. The molecule has 0 unspecified atom stereocenters. The molecule has 1 aromatic carbocycles. The molecule has 0 spiro atoms. The average Bonchev–Trinajstić information content (AvgIpc) is 3.24. The van der Waals surface area contributed by atoms with Gasteiger partial charge in [0, 0.05) is 31.1 Å². The lowest BCUT2D eigenvalue weighted by Crippen LogP contribution is -2.32. The van der Waals surface area contributed by atoms with Gasteiger partial charge in [-0.05, 0) is 44.2 Å². The summed E-state index contributed by atoms with van der Waals surface area (Å²) >= 11 is 0. The Hall–Kier alpha value is -1.30. The van der Waals surface area contributed by atoms with Crippen LogP contribution in [0.2, 0.25) is 0 Å². The minimum atomic E-state index is 0.134. The van der Waals surface area contributed by atoms with Crippen LogP contribution in [0.25, 0.3) is 0 Å². The van der Waals surface area contributed by atoms with Gasteiger partial charge in [0.2, 0.25) is 0 Å². The molecule has 1 N–H and O–H groups in total. The molecule has 1 aliphatic carbocycles. The monoisotopic (exact) mass is 271 g/mol. The summed E-state index contributed by atoms with van der Waals surface area (Å²) in [6.45, 7) is 6.84. The van der Waals surface area contributed by atoms with Crippen LogP contribution in [-0.4, -0.2) is 29.2 Å². The van der Waals surface area contributed by atoms with Crippen LogP contribution in [0.15, 0.2) is 24.3 Å². The van der Waals surface area contributed by atoms with Crippen molar-refractivity contribution in [2.45, 2.75) is 45.7 Å². The lowest BCUT2D eigenvalue weighted by atomic mass is 10.1. The fraction of sp³-hybridized carbons (Fsp3) is 0.556. The van der Waals surface area contributed by atoms with Crippen LogP contribution < -0.4 is 0 Å². The average molecular weight is 271 g/mol. The van der Waals surface area contributed by atoms with Crippen molar-refractivity contribution in [2.75, 3.05) is 13.2 Å². The first kappa shape index (κ1) is 15.1. The normalized spacial score (nSPS) is 14.4. The predicted molar refractivity (Wildman–Crippen MR) is 83.3 cm³/mol. The molecular formula is C18H25NO. The lowest BCUT2D eigenvalue weighted by molar-refractivity contribution is 0.203. The third kappa shape index (κ3) is 4.67. The van der Waals surface area contributed by atoms with E-state index in [-0.39, 0.29) is 6.61 Å². The topological polar surface area (TPSA) is 23.5 Å². The van der Waals surface area contributed by atoms with Crippen molar-refractivity contribution in [3.8, 4) is 11.8 Å². The van der Waals surface area contributed by atoms with E-state index in [0.717, 1.165) is 18.0 Å². The maximum atomic E-state index is 8.83. The Morgan fingerprint density at radius 1 is 1.30 bits per heavy atom. The Labute approximate surface area is 122 Å². The zero-order valence-electron chi connectivity index (χ0n) is 12.6. The molecule has 0 atom stereocenters. The van der Waals surface area contributed by atoms with E-state index in [1.54, 1.807) is 0 Å². The van der Waals surface area contributed by atoms with Crippen LogP contribution in [0.5, 0.6) is 0 Å².